The highest BCUT2D eigenvalue weighted by Gasteiger charge is 2.47. The summed E-state index contributed by atoms with van der Waals surface area (Å²) in [4.78, 5) is 13.1. The summed E-state index contributed by atoms with van der Waals surface area (Å²) >= 11 is 0. The Morgan fingerprint density at radius 3 is 2.11 bits per heavy atom. The summed E-state index contributed by atoms with van der Waals surface area (Å²) in [5, 5.41) is 0.0490. The zero-order valence-corrected chi connectivity index (χ0v) is 31.9. The normalized spacial score (nSPS) is 20.2. The van der Waals surface area contributed by atoms with E-state index in [0.29, 0.717) is 29.8 Å². The van der Waals surface area contributed by atoms with Crippen molar-refractivity contribution < 1.29 is 26.2 Å². The van der Waals surface area contributed by atoms with Crippen molar-refractivity contribution >= 4 is 43.9 Å². The van der Waals surface area contributed by atoms with Gasteiger partial charge in [0.05, 0.1) is 19.0 Å². The Bertz CT molecular complexity index is 1650. The first-order valence-corrected chi connectivity index (χ1v) is 22.7. The number of ether oxygens (including phenoxy) is 1. The summed E-state index contributed by atoms with van der Waals surface area (Å²) < 4.78 is 54.5. The predicted octanol–water partition coefficient (Wildman–Crippen LogP) is 6.80. The maximum atomic E-state index is 13.5. The van der Waals surface area contributed by atoms with E-state index in [9.17, 15) is 8.42 Å². The van der Waals surface area contributed by atoms with Crippen LogP contribution in [0.15, 0.2) is 23.4 Å². The molecule has 0 spiro atoms. The number of hydrogen-bond acceptors (Lipinski definition) is 10. The molecule has 1 aliphatic heterocycles. The molecule has 250 valence electrons. The first-order valence-electron chi connectivity index (χ1n) is 15.4. The monoisotopic (exact) mass is 677 g/mol. The molecule has 0 saturated carbocycles. The van der Waals surface area contributed by atoms with Crippen molar-refractivity contribution in [2.24, 2.45) is 0 Å². The zero-order valence-electron chi connectivity index (χ0n) is 29.1. The molecule has 0 bridgehead atoms. The predicted molar refractivity (Wildman–Crippen MR) is 182 cm³/mol. The average molecular weight is 678 g/mol. The molecule has 4 rings (SSSR count). The summed E-state index contributed by atoms with van der Waals surface area (Å²) in [5.74, 6) is -0.378. The van der Waals surface area contributed by atoms with Gasteiger partial charge < -0.3 is 23.5 Å². The van der Waals surface area contributed by atoms with E-state index in [1.165, 1.54) is 0 Å². The number of benzene rings is 1. The number of aryl methyl sites for hydroxylation is 3. The SMILES string of the molecule is Cc1cc(C)c(S(=O)(=O)Oc2nc(N)nc3c2ncn3[C@H]2C[C@H](O[Si](C)(C)C(C)(C)C)[C@@H](CO[Si](C)(C)C(C)(C)C)O2)c(C)c1. The highest BCUT2D eigenvalue weighted by molar-refractivity contribution is 7.87. The average Bonchev–Trinajstić information content (AvgIpc) is 3.43. The minimum absolute atomic E-state index is 0.00515. The van der Waals surface area contributed by atoms with Gasteiger partial charge in [-0.05, 0) is 68.2 Å². The van der Waals surface area contributed by atoms with Crippen molar-refractivity contribution in [2.45, 2.75) is 128 Å². The second-order valence-electron chi connectivity index (χ2n) is 15.3. The van der Waals surface area contributed by atoms with Gasteiger partial charge >= 0.3 is 10.1 Å². The van der Waals surface area contributed by atoms with Crippen LogP contribution in [-0.2, 0) is 23.7 Å². The molecule has 3 heterocycles. The van der Waals surface area contributed by atoms with E-state index in [4.69, 9.17) is 23.5 Å². The van der Waals surface area contributed by atoms with Crippen LogP contribution in [0, 0.1) is 20.8 Å². The number of imidazole rings is 1. The van der Waals surface area contributed by atoms with Crippen LogP contribution < -0.4 is 9.92 Å². The molecule has 1 aromatic carbocycles. The van der Waals surface area contributed by atoms with Crippen LogP contribution in [0.2, 0.25) is 36.3 Å². The van der Waals surface area contributed by atoms with E-state index in [-0.39, 0.29) is 44.5 Å². The van der Waals surface area contributed by atoms with E-state index in [2.05, 4.69) is 82.7 Å². The fourth-order valence-corrected chi connectivity index (χ4v) is 8.78. The molecule has 14 heteroatoms. The van der Waals surface area contributed by atoms with Gasteiger partial charge in [0.25, 0.3) is 5.88 Å². The molecule has 0 amide bonds. The second-order valence-corrected chi connectivity index (χ2v) is 26.4. The molecule has 0 unspecified atom stereocenters. The maximum absolute atomic E-state index is 13.5. The van der Waals surface area contributed by atoms with Gasteiger partial charge in [0.15, 0.2) is 27.8 Å². The lowest BCUT2D eigenvalue weighted by Gasteiger charge is -2.40. The van der Waals surface area contributed by atoms with Crippen LogP contribution >= 0.6 is 0 Å². The Hall–Kier alpha value is -2.37. The molecule has 1 saturated heterocycles. The number of fused-ring (bicyclic) bond motifs is 1. The van der Waals surface area contributed by atoms with Gasteiger partial charge in [0.1, 0.15) is 17.2 Å². The third-order valence-electron chi connectivity index (χ3n) is 9.61. The van der Waals surface area contributed by atoms with Crippen molar-refractivity contribution in [2.75, 3.05) is 12.3 Å². The van der Waals surface area contributed by atoms with E-state index >= 15 is 0 Å². The highest BCUT2D eigenvalue weighted by Crippen LogP contribution is 2.43. The number of nitrogens with two attached hydrogens (primary N) is 1. The summed E-state index contributed by atoms with van der Waals surface area (Å²) in [7, 11) is -8.47. The third-order valence-corrected chi connectivity index (χ3v) is 20.1. The molecular weight excluding hydrogens is 627 g/mol. The zero-order chi connectivity index (χ0) is 33.9. The Morgan fingerprint density at radius 2 is 1.56 bits per heavy atom. The second kappa shape index (κ2) is 12.0. The van der Waals surface area contributed by atoms with Crippen LogP contribution in [0.3, 0.4) is 0 Å². The molecule has 45 heavy (non-hydrogen) atoms. The summed E-state index contributed by atoms with van der Waals surface area (Å²) in [6, 6.07) is 3.60. The van der Waals surface area contributed by atoms with Gasteiger partial charge in [-0.25, -0.2) is 4.98 Å². The molecule has 2 N–H and O–H groups in total. The van der Waals surface area contributed by atoms with Gasteiger partial charge in [-0.3, -0.25) is 4.57 Å². The molecule has 3 aromatic rings. The standard InChI is InChI=1S/C31H51N5O6SSi2/c1-19-14-20(2)26(21(3)15-19)43(37,38)41-28-25-27(34-29(32)35-28)36(18-33-25)24-16-22(42-45(12,13)31(7,8)9)23(40-24)17-39-44(10,11)30(4,5)6/h14-15,18,22-24H,16-17H2,1-13H3,(H2,32,34,35)/t22-,23+,24+/m0/s1. The Labute approximate surface area is 270 Å². The largest absolute Gasteiger partial charge is 0.414 e. The molecule has 0 aliphatic carbocycles. The van der Waals surface area contributed by atoms with Crippen LogP contribution in [0.5, 0.6) is 5.88 Å². The first kappa shape index (κ1) is 35.5. The minimum atomic E-state index is -4.25. The highest BCUT2D eigenvalue weighted by atomic mass is 32.2. The number of anilines is 1. The number of nitrogens with zero attached hydrogens (tertiary/aromatic N) is 4. The van der Waals surface area contributed by atoms with E-state index in [1.807, 2.05) is 6.92 Å². The molecule has 0 radical (unpaired) electrons. The summed E-state index contributed by atoms with van der Waals surface area (Å²) in [5.41, 5.74) is 8.69. The van der Waals surface area contributed by atoms with Crippen molar-refractivity contribution in [3.8, 4) is 5.88 Å². The molecule has 1 aliphatic rings. The Balaban J connectivity index is 1.69. The summed E-state index contributed by atoms with van der Waals surface area (Å²) in [6.07, 6.45) is 1.05. The van der Waals surface area contributed by atoms with E-state index < -0.39 is 33.0 Å². The summed E-state index contributed by atoms with van der Waals surface area (Å²) in [6.45, 7) is 28.0. The lowest BCUT2D eigenvalue weighted by molar-refractivity contribution is -0.0383. The lowest BCUT2D eigenvalue weighted by atomic mass is 10.1. The van der Waals surface area contributed by atoms with Crippen LogP contribution in [0.25, 0.3) is 11.2 Å². The number of aromatic nitrogens is 4. The maximum Gasteiger partial charge on any atom is 0.341 e. The van der Waals surface area contributed by atoms with Crippen LogP contribution in [0.1, 0.15) is 70.9 Å². The van der Waals surface area contributed by atoms with Gasteiger partial charge in [-0.1, -0.05) is 59.2 Å². The number of rotatable bonds is 9. The van der Waals surface area contributed by atoms with Crippen LogP contribution in [-0.4, -0.2) is 63.4 Å². The smallest absolute Gasteiger partial charge is 0.341 e. The Morgan fingerprint density at radius 1 is 0.978 bits per heavy atom. The van der Waals surface area contributed by atoms with Gasteiger partial charge in [0, 0.05) is 6.42 Å². The minimum Gasteiger partial charge on any atom is -0.414 e. The first-order chi connectivity index (χ1) is 20.4. The molecule has 3 atom stereocenters. The third kappa shape index (κ3) is 7.30. The van der Waals surface area contributed by atoms with Crippen molar-refractivity contribution in [3.05, 3.63) is 35.2 Å². The quantitative estimate of drug-likeness (QED) is 0.190. The lowest BCUT2D eigenvalue weighted by Crippen LogP contribution is -2.48. The molecule has 11 nitrogen and oxygen atoms in total. The van der Waals surface area contributed by atoms with Crippen LogP contribution in [0.4, 0.5) is 5.95 Å². The molecular formula is C31H51N5O6SSi2. The van der Waals surface area contributed by atoms with Crippen molar-refractivity contribution in [1.82, 2.24) is 19.5 Å². The van der Waals surface area contributed by atoms with E-state index in [0.717, 1.165) is 5.56 Å². The fraction of sp³-hybridized carbons (Fsp3) is 0.645. The Kier molecular flexibility index (Phi) is 9.48. The van der Waals surface area contributed by atoms with E-state index in [1.54, 1.807) is 36.9 Å². The van der Waals surface area contributed by atoms with Crippen molar-refractivity contribution in [1.29, 1.82) is 0 Å². The molecule has 1 fully saturated rings. The van der Waals surface area contributed by atoms with Gasteiger partial charge in [-0.15, -0.1) is 0 Å². The number of nitrogen functional groups attached to an aromatic ring is 1. The van der Waals surface area contributed by atoms with Gasteiger partial charge in [0.2, 0.25) is 5.95 Å². The van der Waals surface area contributed by atoms with Gasteiger partial charge in [-0.2, -0.15) is 18.4 Å². The fourth-order valence-electron chi connectivity index (χ4n) is 5.09. The van der Waals surface area contributed by atoms with Crippen molar-refractivity contribution in [3.63, 3.8) is 0 Å². The number of hydrogen-bond donors (Lipinski definition) is 1. The topological polar surface area (TPSA) is 141 Å². The molecule has 2 aromatic heterocycles.